The molecule has 160 valence electrons. The van der Waals surface area contributed by atoms with Crippen LogP contribution in [0.5, 0.6) is 5.88 Å². The summed E-state index contributed by atoms with van der Waals surface area (Å²) in [4.78, 5) is 36.0. The molecule has 0 aliphatic carbocycles. The van der Waals surface area contributed by atoms with Crippen molar-refractivity contribution in [3.63, 3.8) is 0 Å². The molecule has 4 N–H and O–H groups in total. The van der Waals surface area contributed by atoms with Crippen molar-refractivity contribution in [2.75, 3.05) is 30.6 Å². The zero-order valence-electron chi connectivity index (χ0n) is 15.8. The minimum absolute atomic E-state index is 0.0964. The number of aromatic nitrogens is 4. The number of carbonyl (C=O) groups is 1. The van der Waals surface area contributed by atoms with Crippen LogP contribution in [0.25, 0.3) is 11.2 Å². The number of urea groups is 1. The van der Waals surface area contributed by atoms with Gasteiger partial charge in [0.2, 0.25) is 11.8 Å². The third-order valence-corrected chi connectivity index (χ3v) is 3.85. The molecule has 0 saturated carbocycles. The number of carbonyl (C=O) groups excluding carboxylic acids is 1. The first kappa shape index (κ1) is 23.1. The number of aromatic amines is 1. The Morgan fingerprint density at radius 1 is 1.23 bits per heavy atom. The Balaban J connectivity index is 0.000000235. The Kier molecular flexibility index (Phi) is 9.55. The molecule has 3 aromatic rings. The lowest BCUT2D eigenvalue weighted by Crippen LogP contribution is -2.38. The van der Waals surface area contributed by atoms with Gasteiger partial charge in [-0.1, -0.05) is 30.3 Å². The number of alkyl halides is 2. The fraction of sp³-hybridized carbons (Fsp3) is 0.294. The molecule has 13 heteroatoms. The molecule has 0 fully saturated rings. The molecule has 0 unspecified atom stereocenters. The van der Waals surface area contributed by atoms with Crippen LogP contribution in [-0.4, -0.2) is 55.8 Å². The number of halogens is 2. The summed E-state index contributed by atoms with van der Waals surface area (Å²) in [5.74, 6) is 1.02. The zero-order chi connectivity index (χ0) is 21.8. The second-order valence-corrected chi connectivity index (χ2v) is 6.33. The fourth-order valence-electron chi connectivity index (χ4n) is 2.16. The van der Waals surface area contributed by atoms with Crippen LogP contribution in [0.15, 0.2) is 41.9 Å². The molecule has 0 bridgehead atoms. The van der Waals surface area contributed by atoms with E-state index in [9.17, 15) is 9.70 Å². The Bertz CT molecular complexity index is 941. The van der Waals surface area contributed by atoms with Crippen molar-refractivity contribution >= 4 is 46.3 Å². The topological polar surface area (TPSA) is 151 Å². The summed E-state index contributed by atoms with van der Waals surface area (Å²) in [7, 11) is 0. The number of ether oxygens (including phenoxy) is 1. The lowest BCUT2D eigenvalue weighted by molar-refractivity contribution is 0.203. The van der Waals surface area contributed by atoms with Crippen LogP contribution in [0.1, 0.15) is 5.56 Å². The Morgan fingerprint density at radius 2 is 2.00 bits per heavy atom. The number of fused-ring (bicyclic) bond motifs is 1. The number of hydrogen-bond acceptors (Lipinski definition) is 8. The summed E-state index contributed by atoms with van der Waals surface area (Å²) in [5.41, 5.74) is 7.81. The van der Waals surface area contributed by atoms with Crippen LogP contribution in [-0.2, 0) is 6.61 Å². The Labute approximate surface area is 181 Å². The number of nitroso groups, excluding NO2 is 1. The number of H-pyrrole nitrogens is 1. The monoisotopic (exact) mass is 454 g/mol. The lowest BCUT2D eigenvalue weighted by atomic mass is 10.2. The van der Waals surface area contributed by atoms with Crippen molar-refractivity contribution in [2.45, 2.75) is 6.61 Å². The summed E-state index contributed by atoms with van der Waals surface area (Å²) in [6.07, 6.45) is 1.54. The summed E-state index contributed by atoms with van der Waals surface area (Å²) in [6.45, 7) is 0.819. The van der Waals surface area contributed by atoms with E-state index in [1.54, 1.807) is 0 Å². The molecular weight excluding hydrogens is 435 g/mol. The number of amides is 2. The molecule has 0 radical (unpaired) electrons. The summed E-state index contributed by atoms with van der Waals surface area (Å²) < 4.78 is 5.64. The van der Waals surface area contributed by atoms with E-state index in [1.165, 1.54) is 6.33 Å². The van der Waals surface area contributed by atoms with Gasteiger partial charge >= 0.3 is 6.03 Å². The first-order valence-electron chi connectivity index (χ1n) is 8.73. The molecule has 0 aliphatic rings. The van der Waals surface area contributed by atoms with Gasteiger partial charge in [0.15, 0.2) is 5.65 Å². The number of benzene rings is 1. The van der Waals surface area contributed by atoms with E-state index < -0.39 is 6.03 Å². The summed E-state index contributed by atoms with van der Waals surface area (Å²) >= 11 is 10.6. The molecule has 2 aromatic heterocycles. The normalized spacial score (nSPS) is 10.1. The SMILES string of the molecule is Nc1nc(OCc2ccccc2)c2[nH]cnc2n1.O=NN(CCCl)C(=O)NCCCl. The minimum Gasteiger partial charge on any atom is -0.471 e. The van der Waals surface area contributed by atoms with E-state index in [0.717, 1.165) is 5.56 Å². The summed E-state index contributed by atoms with van der Waals surface area (Å²) in [5, 5.41) is 5.55. The number of nitrogens with two attached hydrogens (primary N) is 1. The van der Waals surface area contributed by atoms with E-state index in [2.05, 4.69) is 30.5 Å². The van der Waals surface area contributed by atoms with Gasteiger partial charge in [0.05, 0.1) is 18.2 Å². The smallest absolute Gasteiger partial charge is 0.340 e. The predicted octanol–water partition coefficient (Wildman–Crippen LogP) is 2.67. The van der Waals surface area contributed by atoms with Gasteiger partial charge in [0, 0.05) is 18.3 Å². The largest absolute Gasteiger partial charge is 0.471 e. The van der Waals surface area contributed by atoms with Crippen molar-refractivity contribution in [3.05, 3.63) is 47.1 Å². The van der Waals surface area contributed by atoms with Crippen molar-refractivity contribution in [1.29, 1.82) is 0 Å². The lowest BCUT2D eigenvalue weighted by Gasteiger charge is -2.11. The number of anilines is 1. The van der Waals surface area contributed by atoms with E-state index in [0.29, 0.717) is 41.1 Å². The number of nitrogens with zero attached hydrogens (tertiary/aromatic N) is 5. The molecule has 1 aromatic carbocycles. The standard InChI is InChI=1S/C12H11N5O.C5H9Cl2N3O2/c13-12-16-10-9(14-7-15-10)11(17-12)18-6-8-4-2-1-3-5-8;6-1-3-8-5(11)10(9-12)4-2-7/h1-5,7H,6H2,(H3,13,14,15,16,17);1-4H2,(H,8,11). The van der Waals surface area contributed by atoms with Crippen molar-refractivity contribution in [3.8, 4) is 5.88 Å². The maximum absolute atomic E-state index is 10.9. The van der Waals surface area contributed by atoms with Gasteiger partial charge in [-0.05, 0) is 5.56 Å². The quantitative estimate of drug-likeness (QED) is 0.268. The number of nitrogens with one attached hydrogen (secondary N) is 2. The van der Waals surface area contributed by atoms with Crippen molar-refractivity contribution < 1.29 is 9.53 Å². The first-order valence-corrected chi connectivity index (χ1v) is 9.79. The minimum atomic E-state index is -0.578. The average molecular weight is 455 g/mol. The average Bonchev–Trinajstić information content (AvgIpc) is 3.23. The molecule has 0 spiro atoms. The second kappa shape index (κ2) is 12.4. The van der Waals surface area contributed by atoms with Crippen LogP contribution in [0, 0.1) is 4.91 Å². The van der Waals surface area contributed by atoms with Gasteiger partial charge in [0.1, 0.15) is 12.1 Å². The third kappa shape index (κ3) is 7.01. The molecule has 2 heterocycles. The highest BCUT2D eigenvalue weighted by Crippen LogP contribution is 2.20. The molecule has 2 amide bonds. The highest BCUT2D eigenvalue weighted by atomic mass is 35.5. The van der Waals surface area contributed by atoms with Crippen LogP contribution in [0.2, 0.25) is 0 Å². The van der Waals surface area contributed by atoms with Gasteiger partial charge in [-0.2, -0.15) is 15.0 Å². The molecule has 3 rings (SSSR count). The van der Waals surface area contributed by atoms with Crippen LogP contribution in [0.4, 0.5) is 10.7 Å². The highest BCUT2D eigenvalue weighted by Gasteiger charge is 2.11. The maximum Gasteiger partial charge on any atom is 0.340 e. The molecular formula is C17H20Cl2N8O3. The van der Waals surface area contributed by atoms with Gasteiger partial charge in [0.25, 0.3) is 0 Å². The number of nitrogen functional groups attached to an aromatic ring is 1. The Morgan fingerprint density at radius 3 is 2.67 bits per heavy atom. The van der Waals surface area contributed by atoms with Gasteiger partial charge < -0.3 is 20.8 Å². The summed E-state index contributed by atoms with van der Waals surface area (Å²) in [6, 6.07) is 9.26. The van der Waals surface area contributed by atoms with Crippen molar-refractivity contribution in [1.82, 2.24) is 30.3 Å². The van der Waals surface area contributed by atoms with E-state index in [-0.39, 0.29) is 18.4 Å². The number of rotatable bonds is 8. The van der Waals surface area contributed by atoms with Gasteiger partial charge in [-0.3, -0.25) is 0 Å². The molecule has 0 aliphatic heterocycles. The molecule has 0 atom stereocenters. The number of imidazole rings is 1. The van der Waals surface area contributed by atoms with E-state index >= 15 is 0 Å². The number of hydrogen-bond donors (Lipinski definition) is 3. The Hall–Kier alpha value is -3.18. The van der Waals surface area contributed by atoms with E-state index in [4.69, 9.17) is 33.7 Å². The maximum atomic E-state index is 10.9. The first-order chi connectivity index (χ1) is 14.6. The van der Waals surface area contributed by atoms with Crippen LogP contribution < -0.4 is 15.8 Å². The van der Waals surface area contributed by atoms with Crippen LogP contribution >= 0.6 is 23.2 Å². The van der Waals surface area contributed by atoms with Gasteiger partial charge in [-0.15, -0.1) is 28.1 Å². The van der Waals surface area contributed by atoms with Crippen LogP contribution in [0.3, 0.4) is 0 Å². The van der Waals surface area contributed by atoms with Gasteiger partial charge in [-0.25, -0.2) is 9.78 Å². The molecule has 11 nitrogen and oxygen atoms in total. The van der Waals surface area contributed by atoms with E-state index in [1.807, 2.05) is 30.3 Å². The fourth-order valence-corrected chi connectivity index (χ4v) is 2.41. The zero-order valence-corrected chi connectivity index (χ0v) is 17.3. The second-order valence-electron chi connectivity index (χ2n) is 5.58. The molecule has 0 saturated heterocycles. The predicted molar refractivity (Wildman–Crippen MR) is 114 cm³/mol. The highest BCUT2D eigenvalue weighted by molar-refractivity contribution is 6.18. The molecule has 30 heavy (non-hydrogen) atoms. The third-order valence-electron chi connectivity index (χ3n) is 3.49. The van der Waals surface area contributed by atoms with Crippen molar-refractivity contribution in [2.24, 2.45) is 5.29 Å².